The molecule has 0 N–H and O–H groups in total. The molecular weight excluding hydrogens is 344 g/mol. The highest BCUT2D eigenvalue weighted by Gasteiger charge is 2.32. The third kappa shape index (κ3) is 4.03. The zero-order valence-corrected chi connectivity index (χ0v) is 15.9. The molecule has 5 nitrogen and oxygen atoms in total. The number of nitrogens with zero attached hydrogens (tertiary/aromatic N) is 4. The van der Waals surface area contributed by atoms with Gasteiger partial charge in [-0.1, -0.05) is 12.1 Å². The number of rotatable bonds is 4. The largest absolute Gasteiger partial charge is 0.261 e. The fourth-order valence-corrected chi connectivity index (χ4v) is 5.56. The van der Waals surface area contributed by atoms with E-state index in [1.807, 2.05) is 36.7 Å². The van der Waals surface area contributed by atoms with Gasteiger partial charge in [-0.2, -0.15) is 0 Å². The van der Waals surface area contributed by atoms with Crippen molar-refractivity contribution in [1.29, 1.82) is 0 Å². The van der Waals surface area contributed by atoms with E-state index in [2.05, 4.69) is 30.7 Å². The number of aromatic nitrogens is 2. The topological polar surface area (TPSA) is 49.3 Å². The van der Waals surface area contributed by atoms with E-state index in [9.17, 15) is 4.21 Å². The van der Waals surface area contributed by atoms with Gasteiger partial charge in [0.25, 0.3) is 0 Å². The Bertz CT molecular complexity index is 666. The summed E-state index contributed by atoms with van der Waals surface area (Å²) in [6.45, 7) is 3.46. The van der Waals surface area contributed by atoms with E-state index in [0.29, 0.717) is 11.8 Å². The van der Waals surface area contributed by atoms with Gasteiger partial charge in [0.1, 0.15) is 0 Å². The predicted octanol–water partition coefficient (Wildman–Crippen LogP) is 3.11. The minimum atomic E-state index is -1.07. The molecule has 0 spiro atoms. The van der Waals surface area contributed by atoms with Crippen molar-refractivity contribution in [3.8, 4) is 0 Å². The predicted molar refractivity (Wildman–Crippen MR) is 104 cm³/mol. The van der Waals surface area contributed by atoms with E-state index in [-0.39, 0.29) is 0 Å². The molecule has 138 valence electrons. The Morgan fingerprint density at radius 3 is 1.73 bits per heavy atom. The minimum Gasteiger partial charge on any atom is -0.261 e. The molecule has 0 aliphatic carbocycles. The smallest absolute Gasteiger partial charge is 0.172 e. The summed E-state index contributed by atoms with van der Waals surface area (Å²) < 4.78 is 17.5. The van der Waals surface area contributed by atoms with Crippen LogP contribution in [0.5, 0.6) is 0 Å². The summed E-state index contributed by atoms with van der Waals surface area (Å²) >= 11 is -1.07. The Morgan fingerprint density at radius 2 is 1.31 bits per heavy atom. The summed E-state index contributed by atoms with van der Waals surface area (Å²) in [5, 5.41) is 0. The third-order valence-corrected chi connectivity index (χ3v) is 6.97. The van der Waals surface area contributed by atoms with Crippen LogP contribution in [0.4, 0.5) is 0 Å². The zero-order valence-electron chi connectivity index (χ0n) is 15.0. The first-order valence-corrected chi connectivity index (χ1v) is 10.6. The second-order valence-electron chi connectivity index (χ2n) is 7.19. The molecular formula is C20H26N4OS. The van der Waals surface area contributed by atoms with Crippen LogP contribution in [0, 0.1) is 0 Å². The highest BCUT2D eigenvalue weighted by Crippen LogP contribution is 2.30. The monoisotopic (exact) mass is 370 g/mol. The van der Waals surface area contributed by atoms with E-state index in [0.717, 1.165) is 63.3 Å². The lowest BCUT2D eigenvalue weighted by molar-refractivity contribution is 0.276. The maximum absolute atomic E-state index is 13.2. The molecule has 2 aliphatic rings. The average molecular weight is 371 g/mol. The summed E-state index contributed by atoms with van der Waals surface area (Å²) in [4.78, 5) is 9.03. The van der Waals surface area contributed by atoms with Crippen molar-refractivity contribution in [1.82, 2.24) is 18.6 Å². The van der Waals surface area contributed by atoms with Crippen molar-refractivity contribution < 1.29 is 4.21 Å². The van der Waals surface area contributed by atoms with Gasteiger partial charge in [0, 0.05) is 61.8 Å². The number of piperidine rings is 2. The quantitative estimate of drug-likeness (QED) is 0.831. The first-order chi connectivity index (χ1) is 12.8. The summed E-state index contributed by atoms with van der Waals surface area (Å²) in [5.41, 5.74) is 2.25. The molecule has 2 unspecified atom stereocenters. The zero-order chi connectivity index (χ0) is 17.8. The van der Waals surface area contributed by atoms with Crippen molar-refractivity contribution >= 4 is 11.2 Å². The molecule has 2 saturated heterocycles. The van der Waals surface area contributed by atoms with Crippen molar-refractivity contribution in [3.05, 3.63) is 60.2 Å². The first-order valence-electron chi connectivity index (χ1n) is 9.55. The Balaban J connectivity index is 1.42. The molecule has 2 aliphatic heterocycles. The van der Waals surface area contributed by atoms with E-state index in [1.165, 1.54) is 0 Å². The molecule has 0 aromatic carbocycles. The van der Waals surface area contributed by atoms with Crippen LogP contribution in [0.3, 0.4) is 0 Å². The minimum absolute atomic E-state index is 0.380. The van der Waals surface area contributed by atoms with Crippen LogP contribution < -0.4 is 0 Å². The lowest BCUT2D eigenvalue weighted by atomic mass is 9.96. The molecule has 2 aromatic rings. The molecule has 2 atom stereocenters. The normalized spacial score (nSPS) is 26.5. The van der Waals surface area contributed by atoms with Gasteiger partial charge in [-0.3, -0.25) is 9.97 Å². The molecule has 0 saturated carbocycles. The highest BCUT2D eigenvalue weighted by molar-refractivity contribution is 7.80. The number of hydrogen-bond acceptors (Lipinski definition) is 3. The first kappa shape index (κ1) is 17.8. The Hall–Kier alpha value is -1.63. The molecule has 0 bridgehead atoms. The summed E-state index contributed by atoms with van der Waals surface area (Å²) in [6, 6.07) is 12.2. The fourth-order valence-electron chi connectivity index (χ4n) is 4.05. The fraction of sp³-hybridized carbons (Fsp3) is 0.500. The molecule has 4 heterocycles. The van der Waals surface area contributed by atoms with Gasteiger partial charge in [0.05, 0.1) is 0 Å². The highest BCUT2D eigenvalue weighted by atomic mass is 32.2. The van der Waals surface area contributed by atoms with Crippen LogP contribution in [-0.4, -0.2) is 49.0 Å². The van der Waals surface area contributed by atoms with Crippen molar-refractivity contribution in [2.24, 2.45) is 0 Å². The van der Waals surface area contributed by atoms with Gasteiger partial charge in [-0.15, -0.1) is 0 Å². The van der Waals surface area contributed by atoms with Gasteiger partial charge in [-0.25, -0.2) is 12.8 Å². The van der Waals surface area contributed by atoms with Crippen LogP contribution in [0.1, 0.15) is 48.9 Å². The number of hydrogen-bond donors (Lipinski definition) is 0. The average Bonchev–Trinajstić information content (AvgIpc) is 2.75. The van der Waals surface area contributed by atoms with Gasteiger partial charge in [0.2, 0.25) is 0 Å². The lowest BCUT2D eigenvalue weighted by Gasteiger charge is -2.37. The molecule has 2 aromatic heterocycles. The van der Waals surface area contributed by atoms with Crippen LogP contribution in [0.15, 0.2) is 48.8 Å². The van der Waals surface area contributed by atoms with Crippen molar-refractivity contribution in [2.75, 3.05) is 26.2 Å². The van der Waals surface area contributed by atoms with Gasteiger partial charge in [-0.05, 0) is 49.9 Å². The molecule has 6 heteroatoms. The van der Waals surface area contributed by atoms with E-state index >= 15 is 0 Å². The van der Waals surface area contributed by atoms with Crippen LogP contribution >= 0.6 is 0 Å². The van der Waals surface area contributed by atoms with Crippen LogP contribution in [0.25, 0.3) is 0 Å². The lowest BCUT2D eigenvalue weighted by Crippen LogP contribution is -2.46. The maximum Gasteiger partial charge on any atom is 0.172 e. The molecule has 26 heavy (non-hydrogen) atoms. The van der Waals surface area contributed by atoms with Crippen molar-refractivity contribution in [2.45, 2.75) is 37.5 Å². The Labute approximate surface area is 158 Å². The van der Waals surface area contributed by atoms with E-state index in [4.69, 9.17) is 0 Å². The summed E-state index contributed by atoms with van der Waals surface area (Å²) in [5.74, 6) is 0.760. The SMILES string of the molecule is O=S(N1CCCC(c2ccccn2)C1)N1CCCC(c2ccccn2)C1. The summed E-state index contributed by atoms with van der Waals surface area (Å²) in [6.07, 6.45) is 8.11. The number of pyridine rings is 2. The molecule has 4 rings (SSSR count). The second kappa shape index (κ2) is 8.37. The van der Waals surface area contributed by atoms with Gasteiger partial charge >= 0.3 is 0 Å². The second-order valence-corrected chi connectivity index (χ2v) is 8.69. The van der Waals surface area contributed by atoms with Crippen LogP contribution in [-0.2, 0) is 11.2 Å². The van der Waals surface area contributed by atoms with Gasteiger partial charge in [0.15, 0.2) is 11.2 Å². The Kier molecular flexibility index (Phi) is 5.72. The van der Waals surface area contributed by atoms with Crippen molar-refractivity contribution in [3.63, 3.8) is 0 Å². The Morgan fingerprint density at radius 1 is 0.808 bits per heavy atom. The van der Waals surface area contributed by atoms with Gasteiger partial charge < -0.3 is 0 Å². The standard InChI is InChI=1S/C20H26N4OS/c25-26(23-13-5-7-17(15-23)19-9-1-3-11-21-19)24-14-6-8-18(16-24)20-10-2-4-12-22-20/h1-4,9-12,17-18H,5-8,13-16H2. The van der Waals surface area contributed by atoms with Crippen LogP contribution in [0.2, 0.25) is 0 Å². The van der Waals surface area contributed by atoms with E-state index in [1.54, 1.807) is 0 Å². The molecule has 2 fully saturated rings. The van der Waals surface area contributed by atoms with E-state index < -0.39 is 11.2 Å². The maximum atomic E-state index is 13.2. The summed E-state index contributed by atoms with van der Waals surface area (Å²) in [7, 11) is 0. The molecule has 0 radical (unpaired) electrons. The molecule has 0 amide bonds. The third-order valence-electron chi connectivity index (χ3n) is 5.42.